The molecule has 0 bridgehead atoms. The normalized spacial score (nSPS) is 14.4. The van der Waals surface area contributed by atoms with Crippen molar-refractivity contribution in [1.29, 1.82) is 0 Å². The van der Waals surface area contributed by atoms with Crippen LogP contribution in [-0.4, -0.2) is 25.5 Å². The van der Waals surface area contributed by atoms with E-state index in [1.54, 1.807) is 12.1 Å². The van der Waals surface area contributed by atoms with Gasteiger partial charge in [-0.25, -0.2) is 0 Å². The van der Waals surface area contributed by atoms with E-state index in [2.05, 4.69) is 0 Å². The molecule has 0 amide bonds. The van der Waals surface area contributed by atoms with Gasteiger partial charge in [0.05, 0.1) is 0 Å². The monoisotopic (exact) mass is 462 g/mol. The zero-order valence-corrected chi connectivity index (χ0v) is 19.5. The number of aryl methyl sites for hydroxylation is 1. The van der Waals surface area contributed by atoms with Crippen LogP contribution in [0.25, 0.3) is 0 Å². The molecular formula is C29H34O5. The van der Waals surface area contributed by atoms with Crippen molar-refractivity contribution in [2.24, 2.45) is 5.92 Å². The predicted octanol–water partition coefficient (Wildman–Crippen LogP) is 6.30. The highest BCUT2D eigenvalue weighted by Crippen LogP contribution is 2.42. The summed E-state index contributed by atoms with van der Waals surface area (Å²) in [6.45, 7) is 0. The van der Waals surface area contributed by atoms with Gasteiger partial charge in [-0.05, 0) is 47.6 Å². The predicted molar refractivity (Wildman–Crippen MR) is 133 cm³/mol. The molecule has 0 spiro atoms. The zero-order valence-electron chi connectivity index (χ0n) is 19.5. The first-order chi connectivity index (χ1) is 16.4. The molecule has 5 heteroatoms. The smallest absolute Gasteiger partial charge is 0.200 e. The van der Waals surface area contributed by atoms with Crippen molar-refractivity contribution in [3.63, 3.8) is 0 Å². The van der Waals surface area contributed by atoms with Gasteiger partial charge in [-0.1, -0.05) is 74.9 Å². The van der Waals surface area contributed by atoms with Gasteiger partial charge in [0.1, 0.15) is 0 Å². The second-order valence-electron chi connectivity index (χ2n) is 9.59. The van der Waals surface area contributed by atoms with Gasteiger partial charge in [0, 0.05) is 24.0 Å². The van der Waals surface area contributed by atoms with E-state index in [1.165, 1.54) is 38.2 Å². The van der Waals surface area contributed by atoms with Crippen LogP contribution in [0, 0.1) is 5.92 Å². The van der Waals surface area contributed by atoms with E-state index in [0.29, 0.717) is 36.0 Å². The molecule has 1 saturated carbocycles. The summed E-state index contributed by atoms with van der Waals surface area (Å²) in [6.07, 6.45) is 10.2. The number of hydrogen-bond acceptors (Lipinski definition) is 5. The molecule has 3 aromatic carbocycles. The number of aromatic hydroxyl groups is 5. The highest BCUT2D eigenvalue weighted by atomic mass is 16.3. The molecule has 5 nitrogen and oxygen atoms in total. The van der Waals surface area contributed by atoms with E-state index < -0.39 is 5.75 Å². The van der Waals surface area contributed by atoms with Crippen LogP contribution in [0.5, 0.6) is 28.7 Å². The number of phenolic OH excluding ortho intramolecular Hbond substituents is 5. The van der Waals surface area contributed by atoms with E-state index in [9.17, 15) is 25.5 Å². The van der Waals surface area contributed by atoms with Gasteiger partial charge >= 0.3 is 0 Å². The van der Waals surface area contributed by atoms with Crippen LogP contribution in [-0.2, 0) is 19.3 Å². The number of phenols is 5. The molecule has 1 fully saturated rings. The third-order valence-electron chi connectivity index (χ3n) is 7.10. The van der Waals surface area contributed by atoms with Crippen LogP contribution in [0.2, 0.25) is 0 Å². The Bertz CT molecular complexity index is 1110. The van der Waals surface area contributed by atoms with Crippen LogP contribution in [0.4, 0.5) is 0 Å². The topological polar surface area (TPSA) is 101 Å². The van der Waals surface area contributed by atoms with Crippen molar-refractivity contribution in [2.45, 2.75) is 64.2 Å². The van der Waals surface area contributed by atoms with Crippen molar-refractivity contribution >= 4 is 0 Å². The first-order valence-corrected chi connectivity index (χ1v) is 12.3. The minimum atomic E-state index is -0.443. The molecule has 0 aromatic heterocycles. The SMILES string of the molecule is Oc1cccc(Cc2ccc(Cc3cc(CCCC4CCCCC4)c(O)c(O)c3O)cc2)c1O. The van der Waals surface area contributed by atoms with Crippen molar-refractivity contribution in [3.05, 3.63) is 76.3 Å². The molecular weight excluding hydrogens is 428 g/mol. The van der Waals surface area contributed by atoms with Gasteiger partial charge in [0.15, 0.2) is 23.0 Å². The zero-order chi connectivity index (χ0) is 24.1. The quantitative estimate of drug-likeness (QED) is 0.253. The minimum absolute atomic E-state index is 0.105. The van der Waals surface area contributed by atoms with Crippen molar-refractivity contribution in [1.82, 2.24) is 0 Å². The number of hydrogen-bond donors (Lipinski definition) is 5. The molecule has 3 aromatic rings. The van der Waals surface area contributed by atoms with Gasteiger partial charge in [0.2, 0.25) is 5.75 Å². The van der Waals surface area contributed by atoms with E-state index in [4.69, 9.17) is 0 Å². The standard InChI is InChI=1S/C29H34O5/c30-25-11-5-10-22(26(25)31)16-20-12-14-21(15-13-20)17-24-18-23(27(32)29(34)28(24)33)9-4-8-19-6-2-1-3-7-19/h5,10-15,18-19,30-34H,1-4,6-9,16-17H2. The Morgan fingerprint density at radius 1 is 0.618 bits per heavy atom. The summed E-state index contributed by atoms with van der Waals surface area (Å²) in [6, 6.07) is 14.5. The van der Waals surface area contributed by atoms with Crippen LogP contribution < -0.4 is 0 Å². The van der Waals surface area contributed by atoms with Gasteiger partial charge in [-0.15, -0.1) is 0 Å². The Kier molecular flexibility index (Phi) is 7.51. The molecule has 5 N–H and O–H groups in total. The lowest BCUT2D eigenvalue weighted by Crippen LogP contribution is -2.06. The first-order valence-electron chi connectivity index (χ1n) is 12.3. The minimum Gasteiger partial charge on any atom is -0.504 e. The molecule has 0 unspecified atom stereocenters. The Labute approximate surface area is 201 Å². The summed E-state index contributed by atoms with van der Waals surface area (Å²) in [5.41, 5.74) is 3.84. The molecule has 0 aliphatic heterocycles. The molecule has 34 heavy (non-hydrogen) atoms. The van der Waals surface area contributed by atoms with Gasteiger partial charge in [0.25, 0.3) is 0 Å². The fraction of sp³-hybridized carbons (Fsp3) is 0.379. The van der Waals surface area contributed by atoms with E-state index >= 15 is 0 Å². The lowest BCUT2D eigenvalue weighted by Gasteiger charge is -2.21. The highest BCUT2D eigenvalue weighted by Gasteiger charge is 2.18. The Balaban J connectivity index is 1.43. The fourth-order valence-corrected chi connectivity index (χ4v) is 5.08. The van der Waals surface area contributed by atoms with E-state index in [0.717, 1.165) is 29.9 Å². The number of para-hydroxylation sites is 1. The maximum Gasteiger partial charge on any atom is 0.200 e. The summed E-state index contributed by atoms with van der Waals surface area (Å²) in [7, 11) is 0. The Hall–Kier alpha value is -3.34. The van der Waals surface area contributed by atoms with Crippen molar-refractivity contribution < 1.29 is 25.5 Å². The van der Waals surface area contributed by atoms with Gasteiger partial charge in [-0.3, -0.25) is 0 Å². The summed E-state index contributed by atoms with van der Waals surface area (Å²) >= 11 is 0. The van der Waals surface area contributed by atoms with Crippen LogP contribution in [0.1, 0.15) is 72.8 Å². The van der Waals surface area contributed by atoms with E-state index in [1.807, 2.05) is 30.3 Å². The Morgan fingerprint density at radius 3 is 1.91 bits per heavy atom. The lowest BCUT2D eigenvalue weighted by molar-refractivity contribution is 0.330. The lowest BCUT2D eigenvalue weighted by atomic mass is 9.85. The van der Waals surface area contributed by atoms with Crippen molar-refractivity contribution in [2.75, 3.05) is 0 Å². The molecule has 0 radical (unpaired) electrons. The summed E-state index contributed by atoms with van der Waals surface area (Å²) in [4.78, 5) is 0. The average molecular weight is 463 g/mol. The summed E-state index contributed by atoms with van der Waals surface area (Å²) in [5.74, 6) is -0.408. The van der Waals surface area contributed by atoms with Gasteiger partial charge < -0.3 is 25.5 Å². The summed E-state index contributed by atoms with van der Waals surface area (Å²) < 4.78 is 0. The second kappa shape index (κ2) is 10.7. The average Bonchev–Trinajstić information content (AvgIpc) is 2.85. The molecule has 1 aliphatic carbocycles. The molecule has 180 valence electrons. The maximum atomic E-state index is 10.4. The van der Waals surface area contributed by atoms with E-state index in [-0.39, 0.29) is 23.0 Å². The third-order valence-corrected chi connectivity index (χ3v) is 7.10. The van der Waals surface area contributed by atoms with Crippen LogP contribution >= 0.6 is 0 Å². The van der Waals surface area contributed by atoms with Crippen molar-refractivity contribution in [3.8, 4) is 28.7 Å². The molecule has 4 rings (SSSR count). The number of benzene rings is 3. The second-order valence-corrected chi connectivity index (χ2v) is 9.59. The molecule has 0 saturated heterocycles. The van der Waals surface area contributed by atoms with Crippen LogP contribution in [0.3, 0.4) is 0 Å². The molecule has 1 aliphatic rings. The largest absolute Gasteiger partial charge is 0.504 e. The van der Waals surface area contributed by atoms with Crippen LogP contribution in [0.15, 0.2) is 48.5 Å². The summed E-state index contributed by atoms with van der Waals surface area (Å²) in [5, 5.41) is 50.8. The highest BCUT2D eigenvalue weighted by molar-refractivity contribution is 5.58. The molecule has 0 atom stereocenters. The first kappa shape index (κ1) is 23.8. The fourth-order valence-electron chi connectivity index (χ4n) is 5.08. The Morgan fingerprint density at radius 2 is 1.24 bits per heavy atom. The third kappa shape index (κ3) is 5.58. The molecule has 0 heterocycles. The number of rotatable bonds is 8. The van der Waals surface area contributed by atoms with Gasteiger partial charge in [-0.2, -0.15) is 0 Å². The maximum absolute atomic E-state index is 10.4.